The van der Waals surface area contributed by atoms with Crippen molar-refractivity contribution in [1.29, 1.82) is 0 Å². The lowest BCUT2D eigenvalue weighted by atomic mass is 10.1. The molecule has 0 aliphatic carbocycles. The topological polar surface area (TPSA) is 55.4 Å². The summed E-state index contributed by atoms with van der Waals surface area (Å²) in [6.45, 7) is 1.62. The van der Waals surface area contributed by atoms with Gasteiger partial charge in [-0.3, -0.25) is 10.1 Å². The molecule has 116 valence electrons. The largest absolute Gasteiger partial charge is 0.444 e. The molecule has 0 radical (unpaired) electrons. The zero-order valence-electron chi connectivity index (χ0n) is 11.4. The minimum Gasteiger partial charge on any atom is -0.444 e. The van der Waals surface area contributed by atoms with Gasteiger partial charge in [-0.2, -0.15) is 0 Å². The van der Waals surface area contributed by atoms with Gasteiger partial charge >= 0.3 is 6.09 Å². The van der Waals surface area contributed by atoms with E-state index in [-0.39, 0.29) is 19.8 Å². The smallest absolute Gasteiger partial charge is 0.411 e. The van der Waals surface area contributed by atoms with Crippen molar-refractivity contribution < 1.29 is 14.3 Å². The molecule has 4 nitrogen and oxygen atoms in total. The first-order valence-electron chi connectivity index (χ1n) is 6.34. The number of hydrogen-bond donors (Lipinski definition) is 1. The highest BCUT2D eigenvalue weighted by Crippen LogP contribution is 2.21. The van der Waals surface area contributed by atoms with Crippen LogP contribution >= 0.6 is 11.6 Å². The Kier molecular flexibility index (Phi) is 6.60. The quantitative estimate of drug-likeness (QED) is 0.813. The van der Waals surface area contributed by atoms with Crippen molar-refractivity contribution in [3.8, 4) is 0 Å². The van der Waals surface area contributed by atoms with Gasteiger partial charge in [-0.1, -0.05) is 49.4 Å². The highest BCUT2D eigenvalue weighted by atomic mass is 35.5. The second kappa shape index (κ2) is 8.20. The average Bonchev–Trinajstić information content (AvgIpc) is 2.46. The van der Waals surface area contributed by atoms with Crippen LogP contribution < -0.4 is 5.32 Å². The molecule has 0 aromatic heterocycles. The highest BCUT2D eigenvalue weighted by Gasteiger charge is 2.08. The number of rotatable bonds is 4. The lowest BCUT2D eigenvalue weighted by Crippen LogP contribution is -2.13. The molecule has 2 aromatic rings. The van der Waals surface area contributed by atoms with Gasteiger partial charge in [0, 0.05) is 11.3 Å². The van der Waals surface area contributed by atoms with Crippen LogP contribution in [-0.2, 0) is 11.3 Å². The van der Waals surface area contributed by atoms with Crippen LogP contribution in [0.3, 0.4) is 0 Å². The Morgan fingerprint density at radius 2 is 1.82 bits per heavy atom. The van der Waals surface area contributed by atoms with Crippen molar-refractivity contribution in [3.63, 3.8) is 0 Å². The summed E-state index contributed by atoms with van der Waals surface area (Å²) < 4.78 is 5.09. The lowest BCUT2D eigenvalue weighted by molar-refractivity contribution is 0.101. The van der Waals surface area contributed by atoms with Crippen molar-refractivity contribution >= 4 is 29.2 Å². The number of ether oxygens (including phenoxy) is 1. The van der Waals surface area contributed by atoms with Gasteiger partial charge in [-0.05, 0) is 30.7 Å². The number of halogens is 1. The van der Waals surface area contributed by atoms with Gasteiger partial charge in [0.1, 0.15) is 6.61 Å². The van der Waals surface area contributed by atoms with Crippen molar-refractivity contribution in [1.82, 2.24) is 0 Å². The molecule has 1 N–H and O–H groups in total. The summed E-state index contributed by atoms with van der Waals surface area (Å²) >= 11 is 5.97. The predicted octanol–water partition coefficient (Wildman–Crippen LogP) is 4.93. The van der Waals surface area contributed by atoms with E-state index in [1.807, 2.05) is 30.3 Å². The SMILES string of the molecule is C.CC(=O)c1ccc(NC(=O)OCc2ccccc2)cc1Cl. The third-order valence-electron chi connectivity index (χ3n) is 2.81. The van der Waals surface area contributed by atoms with Crippen molar-refractivity contribution in [2.75, 3.05) is 5.32 Å². The summed E-state index contributed by atoms with van der Waals surface area (Å²) in [7, 11) is 0. The van der Waals surface area contributed by atoms with E-state index >= 15 is 0 Å². The molecule has 0 unspecified atom stereocenters. The number of ketones is 1. The Morgan fingerprint density at radius 3 is 2.41 bits per heavy atom. The van der Waals surface area contributed by atoms with Crippen LogP contribution in [-0.4, -0.2) is 11.9 Å². The molecule has 0 fully saturated rings. The molecule has 2 aromatic carbocycles. The van der Waals surface area contributed by atoms with E-state index in [2.05, 4.69) is 5.32 Å². The van der Waals surface area contributed by atoms with Gasteiger partial charge in [0.05, 0.1) is 5.02 Å². The molecule has 0 aliphatic heterocycles. The van der Waals surface area contributed by atoms with E-state index in [9.17, 15) is 9.59 Å². The average molecular weight is 320 g/mol. The Hall–Kier alpha value is -2.33. The summed E-state index contributed by atoms with van der Waals surface area (Å²) in [4.78, 5) is 22.9. The molecule has 5 heteroatoms. The molecule has 22 heavy (non-hydrogen) atoms. The summed E-state index contributed by atoms with van der Waals surface area (Å²) in [5.74, 6) is -0.127. The van der Waals surface area contributed by atoms with Gasteiger partial charge in [0.25, 0.3) is 0 Å². The third kappa shape index (κ3) is 4.90. The molecule has 2 rings (SSSR count). The van der Waals surface area contributed by atoms with Crippen LogP contribution in [0.2, 0.25) is 5.02 Å². The van der Waals surface area contributed by atoms with E-state index in [1.54, 1.807) is 12.1 Å². The molecule has 0 saturated carbocycles. The minimum absolute atomic E-state index is 0. The molecule has 0 saturated heterocycles. The zero-order valence-corrected chi connectivity index (χ0v) is 12.2. The number of nitrogens with one attached hydrogen (secondary N) is 1. The van der Waals surface area contributed by atoms with Crippen LogP contribution in [0.1, 0.15) is 30.3 Å². The van der Waals surface area contributed by atoms with Crippen molar-refractivity contribution in [3.05, 3.63) is 64.7 Å². The van der Waals surface area contributed by atoms with E-state index in [4.69, 9.17) is 16.3 Å². The van der Waals surface area contributed by atoms with Crippen LogP contribution in [0.4, 0.5) is 10.5 Å². The van der Waals surface area contributed by atoms with Gasteiger partial charge in [0.2, 0.25) is 0 Å². The van der Waals surface area contributed by atoms with E-state index in [1.165, 1.54) is 13.0 Å². The minimum atomic E-state index is -0.578. The Bertz CT molecular complexity index is 656. The number of hydrogen-bond acceptors (Lipinski definition) is 3. The molecule has 0 spiro atoms. The van der Waals surface area contributed by atoms with Crippen LogP contribution in [0.15, 0.2) is 48.5 Å². The fourth-order valence-electron chi connectivity index (χ4n) is 1.76. The summed E-state index contributed by atoms with van der Waals surface area (Å²) in [6.07, 6.45) is -0.578. The first-order chi connectivity index (χ1) is 10.1. The number of Topliss-reactive ketones (excluding diaryl/α,β-unsaturated/α-hetero) is 1. The predicted molar refractivity (Wildman–Crippen MR) is 88.4 cm³/mol. The standard InChI is InChI=1S/C16H14ClNO3.CH4/c1-11(19)14-8-7-13(9-15(14)17)18-16(20)21-10-12-5-3-2-4-6-12;/h2-9H,10H2,1H3,(H,18,20);1H4. The second-order valence-corrected chi connectivity index (χ2v) is 4.84. The number of amides is 1. The monoisotopic (exact) mass is 319 g/mol. The summed E-state index contributed by atoms with van der Waals surface area (Å²) in [5, 5.41) is 2.86. The number of carbonyl (C=O) groups excluding carboxylic acids is 2. The Labute approximate surface area is 135 Å². The van der Waals surface area contributed by atoms with Crippen LogP contribution in [0, 0.1) is 0 Å². The molecule has 0 heterocycles. The molecule has 0 atom stereocenters. The second-order valence-electron chi connectivity index (χ2n) is 4.44. The maximum absolute atomic E-state index is 11.7. The normalized spacial score (nSPS) is 9.55. The molecular formula is C17H18ClNO3. The zero-order chi connectivity index (χ0) is 15.2. The van der Waals surface area contributed by atoms with E-state index in [0.29, 0.717) is 16.3 Å². The summed E-state index contributed by atoms with van der Waals surface area (Å²) in [5.41, 5.74) is 1.79. The van der Waals surface area contributed by atoms with Crippen LogP contribution in [0.5, 0.6) is 0 Å². The van der Waals surface area contributed by atoms with Crippen molar-refractivity contribution in [2.45, 2.75) is 21.0 Å². The maximum atomic E-state index is 11.7. The first kappa shape index (κ1) is 17.7. The van der Waals surface area contributed by atoms with Crippen LogP contribution in [0.25, 0.3) is 0 Å². The van der Waals surface area contributed by atoms with Crippen molar-refractivity contribution in [2.24, 2.45) is 0 Å². The van der Waals surface area contributed by atoms with Gasteiger partial charge in [-0.25, -0.2) is 4.79 Å². The van der Waals surface area contributed by atoms with Gasteiger partial charge in [0.15, 0.2) is 5.78 Å². The third-order valence-corrected chi connectivity index (χ3v) is 3.12. The van der Waals surface area contributed by atoms with Gasteiger partial charge in [-0.15, -0.1) is 0 Å². The first-order valence-corrected chi connectivity index (χ1v) is 6.72. The maximum Gasteiger partial charge on any atom is 0.411 e. The molecule has 1 amide bonds. The fourth-order valence-corrected chi connectivity index (χ4v) is 2.07. The number of carbonyl (C=O) groups is 2. The van der Waals surface area contributed by atoms with E-state index in [0.717, 1.165) is 5.56 Å². The Morgan fingerprint density at radius 1 is 1.14 bits per heavy atom. The molecule has 0 bridgehead atoms. The lowest BCUT2D eigenvalue weighted by Gasteiger charge is -2.08. The highest BCUT2D eigenvalue weighted by molar-refractivity contribution is 6.34. The Balaban J connectivity index is 0.00000242. The number of benzene rings is 2. The molecular weight excluding hydrogens is 302 g/mol. The summed E-state index contributed by atoms with van der Waals surface area (Å²) in [6, 6.07) is 14.1. The van der Waals surface area contributed by atoms with Gasteiger partial charge < -0.3 is 4.74 Å². The molecule has 0 aliphatic rings. The number of anilines is 1. The van der Waals surface area contributed by atoms with E-state index < -0.39 is 6.09 Å². The fraction of sp³-hybridized carbons (Fsp3) is 0.176.